The molecule has 3 rings (SSSR count). The molecule has 1 aliphatic carbocycles. The number of amides is 1. The Kier molecular flexibility index (Phi) is 2.61. The minimum absolute atomic E-state index is 0.0115. The van der Waals surface area contributed by atoms with Gasteiger partial charge in [0.2, 0.25) is 5.91 Å². The lowest BCUT2D eigenvalue weighted by atomic mass is 10.1. The van der Waals surface area contributed by atoms with Gasteiger partial charge < -0.3 is 14.4 Å². The maximum absolute atomic E-state index is 12.2. The highest BCUT2D eigenvalue weighted by molar-refractivity contribution is 5.89. The molecule has 18 heavy (non-hydrogen) atoms. The summed E-state index contributed by atoms with van der Waals surface area (Å²) in [6.07, 6.45) is 3.92. The molecule has 0 spiro atoms. The molecule has 1 aliphatic heterocycles. The van der Waals surface area contributed by atoms with E-state index in [0.717, 1.165) is 18.6 Å². The van der Waals surface area contributed by atoms with E-state index in [-0.39, 0.29) is 17.9 Å². The summed E-state index contributed by atoms with van der Waals surface area (Å²) in [5, 5.41) is 8.88. The van der Waals surface area contributed by atoms with Gasteiger partial charge in [-0.1, -0.05) is 0 Å². The second-order valence-corrected chi connectivity index (χ2v) is 4.99. The summed E-state index contributed by atoms with van der Waals surface area (Å²) in [6, 6.07) is 3.67. The first-order valence-corrected chi connectivity index (χ1v) is 6.25. The fourth-order valence-corrected chi connectivity index (χ4v) is 2.76. The maximum atomic E-state index is 12.2. The van der Waals surface area contributed by atoms with Crippen LogP contribution in [0.25, 0.3) is 0 Å². The summed E-state index contributed by atoms with van der Waals surface area (Å²) in [7, 11) is 0. The molecule has 1 aromatic rings. The van der Waals surface area contributed by atoms with Crippen LogP contribution in [-0.2, 0) is 9.59 Å². The molecule has 0 radical (unpaired) electrons. The molecule has 2 fully saturated rings. The molecule has 2 aliphatic rings. The van der Waals surface area contributed by atoms with E-state index >= 15 is 0 Å². The molecule has 1 saturated heterocycles. The number of hydrogen-bond acceptors (Lipinski definition) is 3. The first-order chi connectivity index (χ1) is 8.68. The maximum Gasteiger partial charge on any atom is 0.307 e. The van der Waals surface area contributed by atoms with Gasteiger partial charge in [0.1, 0.15) is 5.76 Å². The van der Waals surface area contributed by atoms with Crippen LogP contribution in [0.15, 0.2) is 22.8 Å². The number of hydrogen-bond donors (Lipinski definition) is 1. The van der Waals surface area contributed by atoms with Crippen molar-refractivity contribution >= 4 is 11.9 Å². The zero-order chi connectivity index (χ0) is 12.7. The van der Waals surface area contributed by atoms with Crippen LogP contribution in [0.5, 0.6) is 0 Å². The van der Waals surface area contributed by atoms with Gasteiger partial charge in [-0.25, -0.2) is 0 Å². The van der Waals surface area contributed by atoms with E-state index in [0.29, 0.717) is 13.0 Å². The van der Waals surface area contributed by atoms with Crippen molar-refractivity contribution in [2.24, 2.45) is 11.8 Å². The Labute approximate surface area is 104 Å². The molecular weight excluding hydrogens is 234 g/mol. The third kappa shape index (κ3) is 1.79. The molecule has 0 bridgehead atoms. The van der Waals surface area contributed by atoms with Gasteiger partial charge in [0, 0.05) is 6.54 Å². The van der Waals surface area contributed by atoms with E-state index in [1.807, 2.05) is 12.1 Å². The number of likely N-dealkylation sites (tertiary alicyclic amines) is 1. The number of rotatable bonds is 3. The number of furan rings is 1. The Hall–Kier alpha value is -1.78. The summed E-state index contributed by atoms with van der Waals surface area (Å²) < 4.78 is 5.36. The van der Waals surface area contributed by atoms with Crippen LogP contribution in [0.3, 0.4) is 0 Å². The number of nitrogens with zero attached hydrogens (tertiary/aromatic N) is 1. The summed E-state index contributed by atoms with van der Waals surface area (Å²) in [6.45, 7) is 0.701. The lowest BCUT2D eigenvalue weighted by Crippen LogP contribution is -2.32. The second kappa shape index (κ2) is 4.15. The third-order valence-corrected chi connectivity index (χ3v) is 3.83. The fourth-order valence-electron chi connectivity index (χ4n) is 2.76. The van der Waals surface area contributed by atoms with E-state index in [2.05, 4.69) is 0 Å². The van der Waals surface area contributed by atoms with Crippen LogP contribution in [0, 0.1) is 11.8 Å². The zero-order valence-corrected chi connectivity index (χ0v) is 9.91. The quantitative estimate of drug-likeness (QED) is 0.884. The lowest BCUT2D eigenvalue weighted by molar-refractivity contribution is -0.142. The van der Waals surface area contributed by atoms with E-state index in [9.17, 15) is 9.59 Å². The third-order valence-electron chi connectivity index (χ3n) is 3.83. The Morgan fingerprint density at radius 2 is 2.22 bits per heavy atom. The molecule has 5 nitrogen and oxygen atoms in total. The minimum atomic E-state index is -0.859. The van der Waals surface area contributed by atoms with Crippen molar-refractivity contribution in [3.05, 3.63) is 24.2 Å². The Balaban J connectivity index is 1.72. The number of carbonyl (C=O) groups excluding carboxylic acids is 1. The van der Waals surface area contributed by atoms with Gasteiger partial charge in [-0.05, 0) is 31.4 Å². The monoisotopic (exact) mass is 249 g/mol. The lowest BCUT2D eigenvalue weighted by Gasteiger charge is -2.23. The summed E-state index contributed by atoms with van der Waals surface area (Å²) in [5.41, 5.74) is 0. The standard InChI is InChI=1S/C13H15NO4/c15-12(8-7-9(8)13(16)17)14-5-1-3-10(14)11-4-2-6-18-11/h2,4,6,8-10H,1,3,5,7H2,(H,16,17)/t8-,9-,10-/m1/s1. The normalized spacial score (nSPS) is 30.4. The van der Waals surface area contributed by atoms with Crippen molar-refractivity contribution in [1.82, 2.24) is 4.90 Å². The predicted molar refractivity (Wildman–Crippen MR) is 61.6 cm³/mol. The van der Waals surface area contributed by atoms with Crippen LogP contribution in [-0.4, -0.2) is 28.4 Å². The van der Waals surface area contributed by atoms with E-state index in [4.69, 9.17) is 9.52 Å². The molecule has 3 atom stereocenters. The molecule has 1 N–H and O–H groups in total. The Morgan fingerprint density at radius 1 is 1.39 bits per heavy atom. The van der Waals surface area contributed by atoms with Crippen molar-refractivity contribution in [2.45, 2.75) is 25.3 Å². The van der Waals surface area contributed by atoms with Crippen molar-refractivity contribution < 1.29 is 19.1 Å². The van der Waals surface area contributed by atoms with Crippen LogP contribution in [0.4, 0.5) is 0 Å². The largest absolute Gasteiger partial charge is 0.481 e. The summed E-state index contributed by atoms with van der Waals surface area (Å²) in [4.78, 5) is 24.8. The number of carboxylic acid groups (broad SMARTS) is 1. The predicted octanol–water partition coefficient (Wildman–Crippen LogP) is 1.66. The topological polar surface area (TPSA) is 70.8 Å². The molecule has 96 valence electrons. The minimum Gasteiger partial charge on any atom is -0.481 e. The van der Waals surface area contributed by atoms with Gasteiger partial charge in [-0.2, -0.15) is 0 Å². The first-order valence-electron chi connectivity index (χ1n) is 6.25. The SMILES string of the molecule is O=C(O)[C@@H]1C[C@H]1C(=O)N1CCC[C@@H]1c1ccco1. The summed E-state index contributed by atoms with van der Waals surface area (Å²) in [5.74, 6) is -0.884. The molecule has 2 heterocycles. The van der Waals surface area contributed by atoms with Gasteiger partial charge in [0.15, 0.2) is 0 Å². The van der Waals surface area contributed by atoms with Crippen molar-refractivity contribution in [3.63, 3.8) is 0 Å². The van der Waals surface area contributed by atoms with E-state index < -0.39 is 11.9 Å². The van der Waals surface area contributed by atoms with Crippen molar-refractivity contribution in [2.75, 3.05) is 6.54 Å². The molecule has 5 heteroatoms. The van der Waals surface area contributed by atoms with Crippen molar-refractivity contribution in [3.8, 4) is 0 Å². The molecule has 0 unspecified atom stereocenters. The van der Waals surface area contributed by atoms with E-state index in [1.165, 1.54) is 0 Å². The average Bonchev–Trinajstić information content (AvgIpc) is 2.78. The highest BCUT2D eigenvalue weighted by Gasteiger charge is 2.51. The fraction of sp³-hybridized carbons (Fsp3) is 0.538. The van der Waals surface area contributed by atoms with Gasteiger partial charge in [0.05, 0.1) is 24.1 Å². The van der Waals surface area contributed by atoms with Gasteiger partial charge in [-0.15, -0.1) is 0 Å². The number of carbonyl (C=O) groups is 2. The average molecular weight is 249 g/mol. The highest BCUT2D eigenvalue weighted by Crippen LogP contribution is 2.43. The zero-order valence-electron chi connectivity index (χ0n) is 9.91. The molecule has 1 amide bonds. The Morgan fingerprint density at radius 3 is 2.83 bits per heavy atom. The highest BCUT2D eigenvalue weighted by atomic mass is 16.4. The van der Waals surface area contributed by atoms with Gasteiger partial charge in [0.25, 0.3) is 0 Å². The van der Waals surface area contributed by atoms with Crippen LogP contribution in [0.1, 0.15) is 31.1 Å². The molecule has 0 aromatic carbocycles. The van der Waals surface area contributed by atoms with Crippen LogP contribution < -0.4 is 0 Å². The number of carboxylic acids is 1. The first kappa shape index (κ1) is 11.3. The Bertz CT molecular complexity index is 467. The van der Waals surface area contributed by atoms with E-state index in [1.54, 1.807) is 11.2 Å². The van der Waals surface area contributed by atoms with Crippen molar-refractivity contribution in [1.29, 1.82) is 0 Å². The molecule has 1 aromatic heterocycles. The van der Waals surface area contributed by atoms with Crippen LogP contribution in [0.2, 0.25) is 0 Å². The molecular formula is C13H15NO4. The summed E-state index contributed by atoms with van der Waals surface area (Å²) >= 11 is 0. The van der Waals surface area contributed by atoms with Crippen LogP contribution >= 0.6 is 0 Å². The second-order valence-electron chi connectivity index (χ2n) is 4.99. The number of aliphatic carboxylic acids is 1. The smallest absolute Gasteiger partial charge is 0.307 e. The van der Waals surface area contributed by atoms with Gasteiger partial charge in [-0.3, -0.25) is 9.59 Å². The van der Waals surface area contributed by atoms with Gasteiger partial charge >= 0.3 is 5.97 Å². The molecule has 1 saturated carbocycles.